The normalized spacial score (nSPS) is 18.8. The van der Waals surface area contributed by atoms with Gasteiger partial charge in [-0.25, -0.2) is 13.8 Å². The van der Waals surface area contributed by atoms with Crippen LogP contribution in [-0.4, -0.2) is 47.9 Å². The number of thiazole rings is 1. The summed E-state index contributed by atoms with van der Waals surface area (Å²) in [5, 5.41) is 3.64. The molecule has 1 fully saturated rings. The van der Waals surface area contributed by atoms with E-state index in [0.717, 1.165) is 40.9 Å². The Morgan fingerprint density at radius 2 is 1.90 bits per heavy atom. The molecule has 2 amide bonds. The number of aryl methyl sites for hydroxylation is 1. The number of carbonyl (C=O) groups excluding carboxylic acids is 2. The number of piperazine rings is 1. The average molecular weight is 449 g/mol. The van der Waals surface area contributed by atoms with Crippen LogP contribution in [0.5, 0.6) is 0 Å². The fourth-order valence-corrected chi connectivity index (χ4v) is 5.26. The Morgan fingerprint density at radius 1 is 1.16 bits per heavy atom. The highest BCUT2D eigenvalue weighted by Crippen LogP contribution is 2.35. The van der Waals surface area contributed by atoms with Crippen LogP contribution < -0.4 is 10.2 Å². The smallest absolute Gasteiger partial charge is 0.227 e. The van der Waals surface area contributed by atoms with E-state index in [-0.39, 0.29) is 29.3 Å². The van der Waals surface area contributed by atoms with E-state index in [4.69, 9.17) is 4.98 Å². The molecule has 9 heteroatoms. The highest BCUT2D eigenvalue weighted by atomic mass is 32.1. The molecule has 1 N–H and O–H groups in total. The van der Waals surface area contributed by atoms with Crippen LogP contribution in [0.3, 0.4) is 0 Å². The van der Waals surface area contributed by atoms with Crippen molar-refractivity contribution in [3.8, 4) is 0 Å². The lowest BCUT2D eigenvalue weighted by atomic mass is 9.90. The van der Waals surface area contributed by atoms with Crippen LogP contribution in [0.15, 0.2) is 18.2 Å². The third-order valence-electron chi connectivity index (χ3n) is 5.84. The number of hydrogen-bond donors (Lipinski definition) is 1. The minimum absolute atomic E-state index is 0.00760. The Hall–Kier alpha value is -2.55. The van der Waals surface area contributed by atoms with Crippen LogP contribution in [0.4, 0.5) is 19.6 Å². The number of fused-ring (bicyclic) bond motifs is 1. The molecule has 0 bridgehead atoms. The second kappa shape index (κ2) is 8.90. The van der Waals surface area contributed by atoms with E-state index in [1.807, 2.05) is 18.7 Å². The number of benzene rings is 1. The van der Waals surface area contributed by atoms with Gasteiger partial charge >= 0.3 is 0 Å². The zero-order chi connectivity index (χ0) is 22.1. The summed E-state index contributed by atoms with van der Waals surface area (Å²) < 4.78 is 26.5. The van der Waals surface area contributed by atoms with Gasteiger partial charge in [-0.15, -0.1) is 11.3 Å². The van der Waals surface area contributed by atoms with Crippen molar-refractivity contribution in [3.05, 3.63) is 40.4 Å². The van der Waals surface area contributed by atoms with Gasteiger partial charge in [-0.3, -0.25) is 9.59 Å². The van der Waals surface area contributed by atoms with Gasteiger partial charge in [-0.1, -0.05) is 13.8 Å². The molecule has 1 aliphatic heterocycles. The predicted octanol–water partition coefficient (Wildman–Crippen LogP) is 3.47. The van der Waals surface area contributed by atoms with Gasteiger partial charge in [0.2, 0.25) is 11.8 Å². The molecule has 31 heavy (non-hydrogen) atoms. The van der Waals surface area contributed by atoms with E-state index >= 15 is 0 Å². The lowest BCUT2D eigenvalue weighted by molar-refractivity contribution is -0.134. The van der Waals surface area contributed by atoms with E-state index in [2.05, 4.69) is 10.2 Å². The van der Waals surface area contributed by atoms with Crippen LogP contribution in [-0.2, 0) is 22.4 Å². The third kappa shape index (κ3) is 4.71. The first-order valence-corrected chi connectivity index (χ1v) is 11.4. The zero-order valence-corrected chi connectivity index (χ0v) is 18.5. The van der Waals surface area contributed by atoms with Crippen LogP contribution in [0.2, 0.25) is 0 Å². The Balaban J connectivity index is 1.37. The number of halogens is 2. The average Bonchev–Trinajstić information content (AvgIpc) is 3.19. The topological polar surface area (TPSA) is 65.5 Å². The van der Waals surface area contributed by atoms with Gasteiger partial charge in [0.25, 0.3) is 0 Å². The molecule has 2 aliphatic rings. The SMILES string of the molecule is CC(C)C(=O)N1CCN(c2nc3c(s2)CC(C(=O)Nc2ccc(F)c(F)c2)CC3)CC1. The van der Waals surface area contributed by atoms with Crippen LogP contribution in [0, 0.1) is 23.5 Å². The molecule has 1 saturated heterocycles. The molecular weight excluding hydrogens is 422 g/mol. The van der Waals surface area contributed by atoms with Crippen molar-refractivity contribution in [1.29, 1.82) is 0 Å². The monoisotopic (exact) mass is 448 g/mol. The summed E-state index contributed by atoms with van der Waals surface area (Å²) in [4.78, 5) is 34.9. The van der Waals surface area contributed by atoms with Gasteiger partial charge in [-0.2, -0.15) is 0 Å². The molecule has 1 unspecified atom stereocenters. The van der Waals surface area contributed by atoms with E-state index in [9.17, 15) is 18.4 Å². The lowest BCUT2D eigenvalue weighted by Crippen LogP contribution is -2.49. The first-order valence-electron chi connectivity index (χ1n) is 10.6. The molecule has 0 saturated carbocycles. The van der Waals surface area contributed by atoms with Crippen LogP contribution >= 0.6 is 11.3 Å². The van der Waals surface area contributed by atoms with Gasteiger partial charge in [-0.05, 0) is 31.4 Å². The Kier molecular flexibility index (Phi) is 6.22. The van der Waals surface area contributed by atoms with Gasteiger partial charge in [0.05, 0.1) is 5.69 Å². The number of hydrogen-bond acceptors (Lipinski definition) is 5. The number of carbonyl (C=O) groups is 2. The van der Waals surface area contributed by atoms with Crippen LogP contribution in [0.25, 0.3) is 0 Å². The number of nitrogens with zero attached hydrogens (tertiary/aromatic N) is 3. The molecular formula is C22H26F2N4O2S. The van der Waals surface area contributed by atoms with Crippen molar-refractivity contribution in [1.82, 2.24) is 9.88 Å². The van der Waals surface area contributed by atoms with Gasteiger partial charge < -0.3 is 15.1 Å². The Labute approximate surface area is 184 Å². The maximum atomic E-state index is 13.4. The number of aromatic nitrogens is 1. The van der Waals surface area contributed by atoms with Gasteiger partial charge in [0.15, 0.2) is 16.8 Å². The second-order valence-electron chi connectivity index (χ2n) is 8.39. The lowest BCUT2D eigenvalue weighted by Gasteiger charge is -2.35. The molecule has 4 rings (SSSR count). The Bertz CT molecular complexity index is 986. The number of rotatable bonds is 4. The van der Waals surface area contributed by atoms with Gasteiger partial charge in [0, 0.05) is 54.6 Å². The fraction of sp³-hybridized carbons (Fsp3) is 0.500. The largest absolute Gasteiger partial charge is 0.345 e. The molecule has 6 nitrogen and oxygen atoms in total. The summed E-state index contributed by atoms with van der Waals surface area (Å²) in [5.74, 6) is -2.14. The molecule has 166 valence electrons. The summed E-state index contributed by atoms with van der Waals surface area (Å²) in [6, 6.07) is 3.36. The van der Waals surface area contributed by atoms with Crippen molar-refractivity contribution in [2.24, 2.45) is 11.8 Å². The van der Waals surface area contributed by atoms with E-state index in [0.29, 0.717) is 32.4 Å². The van der Waals surface area contributed by atoms with Crippen molar-refractivity contribution < 1.29 is 18.4 Å². The number of amides is 2. The third-order valence-corrected chi connectivity index (χ3v) is 7.02. The molecule has 2 heterocycles. The van der Waals surface area contributed by atoms with Gasteiger partial charge in [0.1, 0.15) is 0 Å². The molecule has 1 aromatic heterocycles. The summed E-state index contributed by atoms with van der Waals surface area (Å²) in [7, 11) is 0. The summed E-state index contributed by atoms with van der Waals surface area (Å²) in [6.07, 6.45) is 1.98. The zero-order valence-electron chi connectivity index (χ0n) is 17.7. The highest BCUT2D eigenvalue weighted by Gasteiger charge is 2.30. The van der Waals surface area contributed by atoms with Crippen molar-refractivity contribution in [2.75, 3.05) is 36.4 Å². The number of nitrogens with one attached hydrogen (secondary N) is 1. The standard InChI is InChI=1S/C22H26F2N4O2S/c1-13(2)21(30)27-7-9-28(10-8-27)22-26-18-6-3-14(11-19(18)31-22)20(29)25-15-4-5-16(23)17(24)12-15/h4-5,12-14H,3,6-11H2,1-2H3,(H,25,29). The molecule has 2 aromatic rings. The van der Waals surface area contributed by atoms with E-state index in [1.54, 1.807) is 11.3 Å². The molecule has 0 radical (unpaired) electrons. The first-order chi connectivity index (χ1) is 14.8. The maximum absolute atomic E-state index is 13.4. The van der Waals surface area contributed by atoms with E-state index < -0.39 is 11.6 Å². The van der Waals surface area contributed by atoms with E-state index in [1.165, 1.54) is 6.07 Å². The first kappa shape index (κ1) is 21.7. The quantitative estimate of drug-likeness (QED) is 0.778. The highest BCUT2D eigenvalue weighted by molar-refractivity contribution is 7.15. The predicted molar refractivity (Wildman–Crippen MR) is 116 cm³/mol. The van der Waals surface area contributed by atoms with Crippen molar-refractivity contribution in [3.63, 3.8) is 0 Å². The van der Waals surface area contributed by atoms with Crippen molar-refractivity contribution >= 4 is 34.0 Å². The molecule has 0 spiro atoms. The molecule has 1 aromatic carbocycles. The fourth-order valence-electron chi connectivity index (χ4n) is 4.02. The summed E-state index contributed by atoms with van der Waals surface area (Å²) in [5.41, 5.74) is 1.30. The van der Waals surface area contributed by atoms with Crippen LogP contribution in [0.1, 0.15) is 30.8 Å². The molecule has 1 atom stereocenters. The minimum Gasteiger partial charge on any atom is -0.345 e. The summed E-state index contributed by atoms with van der Waals surface area (Å²) in [6.45, 7) is 6.74. The second-order valence-corrected chi connectivity index (χ2v) is 9.45. The summed E-state index contributed by atoms with van der Waals surface area (Å²) >= 11 is 1.61. The van der Waals surface area contributed by atoms with Crippen molar-refractivity contribution in [2.45, 2.75) is 33.1 Å². The Morgan fingerprint density at radius 3 is 2.58 bits per heavy atom. The molecule has 1 aliphatic carbocycles. The maximum Gasteiger partial charge on any atom is 0.227 e. The minimum atomic E-state index is -0.981. The number of anilines is 2.